The molecular weight excluding hydrogens is 787 g/mol. The quantitative estimate of drug-likeness (QED) is 0.132. The van der Waals surface area contributed by atoms with Crippen LogP contribution >= 0.6 is 0 Å². The molecule has 61 heavy (non-hydrogen) atoms. The van der Waals surface area contributed by atoms with E-state index in [1.807, 2.05) is 0 Å². The first-order chi connectivity index (χ1) is 28.6. The zero-order valence-electron chi connectivity index (χ0n) is 40.8. The number of hydrogen-bond acceptors (Lipinski definition) is 6. The number of benzene rings is 2. The molecule has 1 aliphatic heterocycles. The molecule has 3 fully saturated rings. The van der Waals surface area contributed by atoms with Crippen LogP contribution in [0.4, 0.5) is 0 Å². The lowest BCUT2D eigenvalue weighted by Crippen LogP contribution is -2.70. The summed E-state index contributed by atoms with van der Waals surface area (Å²) in [6.45, 7) is 31.0. The van der Waals surface area contributed by atoms with Crippen molar-refractivity contribution in [2.24, 2.45) is 28.3 Å². The highest BCUT2D eigenvalue weighted by Crippen LogP contribution is 2.60. The monoisotopic (exact) mass is 870 g/mol. The third-order valence-electron chi connectivity index (χ3n) is 16.1. The van der Waals surface area contributed by atoms with Crippen LogP contribution in [0, 0.1) is 23.2 Å². The number of methoxy groups -OCH3 is 1. The smallest absolute Gasteiger partial charge is 0.261 e. The van der Waals surface area contributed by atoms with Crippen molar-refractivity contribution in [1.82, 2.24) is 0 Å². The second-order valence-electron chi connectivity index (χ2n) is 22.9. The van der Waals surface area contributed by atoms with Gasteiger partial charge in [0.2, 0.25) is 0 Å². The Kier molecular flexibility index (Phi) is 14.7. The molecule has 0 bridgehead atoms. The van der Waals surface area contributed by atoms with E-state index in [2.05, 4.69) is 162 Å². The summed E-state index contributed by atoms with van der Waals surface area (Å²) in [5.74, 6) is 2.03. The molecule has 0 N–H and O–H groups in total. The fourth-order valence-corrected chi connectivity index (χ4v) is 17.9. The van der Waals surface area contributed by atoms with Gasteiger partial charge in [-0.05, 0) is 128 Å². The van der Waals surface area contributed by atoms with Crippen molar-refractivity contribution in [2.75, 3.05) is 13.9 Å². The Morgan fingerprint density at radius 2 is 1.52 bits per heavy atom. The zero-order valence-corrected chi connectivity index (χ0v) is 42.8. The Morgan fingerprint density at radius 3 is 2.08 bits per heavy atom. The van der Waals surface area contributed by atoms with E-state index in [4.69, 9.17) is 28.3 Å². The molecule has 1 heterocycles. The fourth-order valence-electron chi connectivity index (χ4n) is 11.8. The minimum absolute atomic E-state index is 0.0158. The van der Waals surface area contributed by atoms with Gasteiger partial charge < -0.3 is 23.2 Å². The van der Waals surface area contributed by atoms with Crippen molar-refractivity contribution in [3.05, 3.63) is 84.0 Å². The molecule has 6 rings (SSSR count). The minimum Gasteiger partial charge on any atom is -0.414 e. The maximum Gasteiger partial charge on any atom is 0.261 e. The molecule has 0 radical (unpaired) electrons. The van der Waals surface area contributed by atoms with Gasteiger partial charge in [0, 0.05) is 20.0 Å². The van der Waals surface area contributed by atoms with E-state index in [0.717, 1.165) is 37.3 Å². The van der Waals surface area contributed by atoms with Gasteiger partial charge >= 0.3 is 0 Å². The molecule has 2 aromatic rings. The molecule has 3 aliphatic carbocycles. The lowest BCUT2D eigenvalue weighted by molar-refractivity contribution is -0.118. The first-order valence-electron chi connectivity index (χ1n) is 23.8. The Morgan fingerprint density at radius 1 is 0.885 bits per heavy atom. The number of allylic oxidation sites excluding steroid dienone is 3. The number of ether oxygens (including phenoxy) is 2. The number of fused-ring (bicyclic) bond motifs is 1. The molecule has 6 nitrogen and oxygen atoms in total. The average Bonchev–Trinajstić information content (AvgIpc) is 3.76. The van der Waals surface area contributed by atoms with Crippen molar-refractivity contribution in [2.45, 2.75) is 193 Å². The predicted octanol–water partition coefficient (Wildman–Crippen LogP) is 12.9. The third-order valence-corrected chi connectivity index (χ3v) is 25.7. The lowest BCUT2D eigenvalue weighted by Gasteiger charge is -2.52. The topological polar surface area (TPSA) is 58.5 Å². The first kappa shape index (κ1) is 48.1. The molecule has 8 heteroatoms. The Hall–Kier alpha value is -2.34. The second-order valence-corrected chi connectivity index (χ2v) is 31.9. The molecule has 3 saturated carbocycles. The standard InChI is InChI=1S/C53H83NO5Si2/c1-39(23-21-33-51(9,10)56-38-55-12)46-31-32-47-41(24-22-34-52(46,47)11)29-30-42-35-43(57-60(13,14)49(3,4)5)36-48(53(42)37-40(2)54-59-53)58-61(50(6,7)8,44-25-17-15-18-26-44)45-27-19-16-20-28-45/h15-20,25-30,39,43,46-48H,21-24,31-38H2,1-14H3/b41-29+,42-30-/t39-,43-,46?,47+,48+,52-,53?/m1/s1. The van der Waals surface area contributed by atoms with Gasteiger partial charge in [-0.2, -0.15) is 0 Å². The van der Waals surface area contributed by atoms with Gasteiger partial charge in [0.25, 0.3) is 8.32 Å². The highest BCUT2D eigenvalue weighted by Gasteiger charge is 2.60. The van der Waals surface area contributed by atoms with E-state index in [9.17, 15) is 0 Å². The number of nitrogens with zero attached hydrogens (tertiary/aromatic N) is 1. The summed E-state index contributed by atoms with van der Waals surface area (Å²) in [6.07, 6.45) is 16.9. The van der Waals surface area contributed by atoms with Crippen LogP contribution in [-0.4, -0.2) is 59.7 Å². The Balaban J connectivity index is 1.39. The van der Waals surface area contributed by atoms with Crippen LogP contribution < -0.4 is 10.4 Å². The minimum atomic E-state index is -2.97. The summed E-state index contributed by atoms with van der Waals surface area (Å²) in [7, 11) is -3.40. The summed E-state index contributed by atoms with van der Waals surface area (Å²) in [5, 5.41) is 7.26. The van der Waals surface area contributed by atoms with Gasteiger partial charge in [0.1, 0.15) is 6.79 Å². The van der Waals surface area contributed by atoms with Crippen molar-refractivity contribution in [3.63, 3.8) is 0 Å². The van der Waals surface area contributed by atoms with E-state index >= 15 is 0 Å². The predicted molar refractivity (Wildman–Crippen MR) is 260 cm³/mol. The summed E-state index contributed by atoms with van der Waals surface area (Å²) in [5.41, 5.74) is 3.41. The summed E-state index contributed by atoms with van der Waals surface area (Å²) >= 11 is 0. The maximum atomic E-state index is 8.15. The normalized spacial score (nSPS) is 29.5. The Bertz CT molecular complexity index is 1820. The van der Waals surface area contributed by atoms with Crippen LogP contribution in [-0.2, 0) is 23.2 Å². The Labute approximate surface area is 373 Å². The molecule has 1 spiro atoms. The van der Waals surface area contributed by atoms with E-state index in [-0.39, 0.29) is 27.9 Å². The van der Waals surface area contributed by atoms with Crippen molar-refractivity contribution < 1.29 is 23.2 Å². The van der Waals surface area contributed by atoms with Gasteiger partial charge in [-0.25, -0.2) is 0 Å². The van der Waals surface area contributed by atoms with E-state index < -0.39 is 22.2 Å². The molecule has 0 saturated heterocycles. The van der Waals surface area contributed by atoms with Gasteiger partial charge in [-0.3, -0.25) is 0 Å². The van der Waals surface area contributed by atoms with Crippen molar-refractivity contribution >= 4 is 32.7 Å². The van der Waals surface area contributed by atoms with Crippen LogP contribution in [0.25, 0.3) is 0 Å². The zero-order chi connectivity index (χ0) is 44.5. The van der Waals surface area contributed by atoms with E-state index in [0.29, 0.717) is 24.0 Å². The van der Waals surface area contributed by atoms with Gasteiger partial charge in [-0.1, -0.05) is 152 Å². The summed E-state index contributed by atoms with van der Waals surface area (Å²) < 4.78 is 26.8. The molecule has 0 amide bonds. The number of hydrogen-bond donors (Lipinski definition) is 0. The first-order valence-corrected chi connectivity index (χ1v) is 28.6. The highest BCUT2D eigenvalue weighted by atomic mass is 28.4. The lowest BCUT2D eigenvalue weighted by atomic mass is 9.60. The maximum absolute atomic E-state index is 8.15. The molecule has 7 atom stereocenters. The molecule has 2 unspecified atom stereocenters. The second kappa shape index (κ2) is 18.6. The van der Waals surface area contributed by atoms with Gasteiger partial charge in [-0.15, -0.1) is 0 Å². The van der Waals surface area contributed by atoms with Crippen LogP contribution in [0.5, 0.6) is 0 Å². The van der Waals surface area contributed by atoms with Crippen LogP contribution in [0.2, 0.25) is 23.2 Å². The number of oxime groups is 1. The van der Waals surface area contributed by atoms with Crippen molar-refractivity contribution in [1.29, 1.82) is 0 Å². The van der Waals surface area contributed by atoms with Gasteiger partial charge in [0.05, 0.1) is 23.5 Å². The molecular formula is C53H83NO5Si2. The highest BCUT2D eigenvalue weighted by molar-refractivity contribution is 6.99. The molecule has 338 valence electrons. The molecule has 4 aliphatic rings. The molecule has 2 aromatic carbocycles. The van der Waals surface area contributed by atoms with Gasteiger partial charge in [0.15, 0.2) is 13.9 Å². The van der Waals surface area contributed by atoms with Crippen LogP contribution in [0.3, 0.4) is 0 Å². The van der Waals surface area contributed by atoms with E-state index in [1.165, 1.54) is 60.9 Å². The van der Waals surface area contributed by atoms with Crippen molar-refractivity contribution in [3.8, 4) is 0 Å². The SMILES string of the molecule is COCOC(C)(C)CCC[C@@H](C)C1CC[C@H]2/C(=C/C=C3/C[C@@H](O[Si](C)(C)C(C)(C)C)C[C@H](O[Si](c4ccccc4)(c4ccccc4)C(C)(C)C)C34CC(C)=NO4)CCC[C@]12C. The molecule has 0 aromatic heterocycles. The van der Waals surface area contributed by atoms with Crippen LogP contribution in [0.15, 0.2) is 89.1 Å². The fraction of sp³-hybridized carbons (Fsp3) is 0.679. The van der Waals surface area contributed by atoms with Crippen LogP contribution in [0.1, 0.15) is 147 Å². The summed E-state index contributed by atoms with van der Waals surface area (Å²) in [6, 6.07) is 22.2. The largest absolute Gasteiger partial charge is 0.414 e. The number of rotatable bonds is 15. The third kappa shape index (κ3) is 10.0. The average molecular weight is 870 g/mol. The van der Waals surface area contributed by atoms with E-state index in [1.54, 1.807) is 12.7 Å². The summed E-state index contributed by atoms with van der Waals surface area (Å²) in [4.78, 5) is 6.90.